The molecule has 5 heteroatoms. The van der Waals surface area contributed by atoms with Gasteiger partial charge in [-0.05, 0) is 37.2 Å². The number of urea groups is 1. The van der Waals surface area contributed by atoms with Crippen molar-refractivity contribution in [3.05, 3.63) is 29.8 Å². The van der Waals surface area contributed by atoms with Crippen molar-refractivity contribution in [2.75, 3.05) is 19.8 Å². The zero-order valence-electron chi connectivity index (χ0n) is 16.2. The third kappa shape index (κ3) is 4.70. The second kappa shape index (κ2) is 8.30. The Morgan fingerprint density at radius 1 is 1.15 bits per heavy atom. The van der Waals surface area contributed by atoms with E-state index in [-0.39, 0.29) is 23.6 Å². The molecule has 2 amide bonds. The molecule has 2 aliphatic rings. The number of amides is 2. The highest BCUT2D eigenvalue weighted by Crippen LogP contribution is 2.34. The lowest BCUT2D eigenvalue weighted by molar-refractivity contribution is -0.0838. The molecule has 0 aliphatic carbocycles. The predicted molar refractivity (Wildman–Crippen MR) is 102 cm³/mol. The molecule has 1 aromatic rings. The van der Waals surface area contributed by atoms with Gasteiger partial charge in [-0.25, -0.2) is 4.79 Å². The molecule has 2 aliphatic heterocycles. The van der Waals surface area contributed by atoms with Crippen molar-refractivity contribution in [3.8, 4) is 5.75 Å². The van der Waals surface area contributed by atoms with Crippen LogP contribution in [0.15, 0.2) is 24.3 Å². The summed E-state index contributed by atoms with van der Waals surface area (Å²) in [5, 5.41) is 6.22. The van der Waals surface area contributed by atoms with Crippen LogP contribution < -0.4 is 15.4 Å². The number of hydrogen-bond acceptors (Lipinski definition) is 3. The number of ether oxygens (including phenoxy) is 2. The van der Waals surface area contributed by atoms with Gasteiger partial charge in [-0.3, -0.25) is 0 Å². The van der Waals surface area contributed by atoms with E-state index in [1.807, 2.05) is 24.3 Å². The monoisotopic (exact) mass is 360 g/mol. The lowest BCUT2D eigenvalue weighted by Gasteiger charge is -2.40. The standard InChI is InChI=1S/C21H32N2O3/c1-21(2,3)19-15(8-6-13-26-19)14-22-20(24)23-17-10-7-12-25-18-11-5-4-9-16(17)18/h4-5,9,11,15,17,19H,6-8,10,12-14H2,1-3H3,(H2,22,23,24)/t15-,17+,19-/m1/s1. The smallest absolute Gasteiger partial charge is 0.315 e. The van der Waals surface area contributed by atoms with Gasteiger partial charge in [-0.15, -0.1) is 0 Å². The second-order valence-corrected chi connectivity index (χ2v) is 8.50. The van der Waals surface area contributed by atoms with Crippen LogP contribution in [0, 0.1) is 11.3 Å². The second-order valence-electron chi connectivity index (χ2n) is 8.50. The maximum Gasteiger partial charge on any atom is 0.315 e. The molecule has 1 fully saturated rings. The van der Waals surface area contributed by atoms with Gasteiger partial charge in [0.15, 0.2) is 0 Å². The fourth-order valence-corrected chi connectivity index (χ4v) is 4.12. The molecule has 0 aromatic heterocycles. The fraction of sp³-hybridized carbons (Fsp3) is 0.667. The van der Waals surface area contributed by atoms with Crippen LogP contribution in [0.5, 0.6) is 5.75 Å². The molecule has 2 N–H and O–H groups in total. The molecule has 0 saturated carbocycles. The minimum absolute atomic E-state index is 0.00489. The van der Waals surface area contributed by atoms with Crippen molar-refractivity contribution in [1.82, 2.24) is 10.6 Å². The molecule has 0 spiro atoms. The molecule has 1 saturated heterocycles. The number of benzene rings is 1. The van der Waals surface area contributed by atoms with Crippen molar-refractivity contribution in [2.24, 2.45) is 11.3 Å². The van der Waals surface area contributed by atoms with Crippen molar-refractivity contribution in [3.63, 3.8) is 0 Å². The SMILES string of the molecule is CC(C)(C)[C@@H]1OCCC[C@@H]1CNC(=O)N[C@H]1CCCOc2ccccc21. The molecule has 3 atom stereocenters. The van der Waals surface area contributed by atoms with E-state index in [4.69, 9.17) is 9.47 Å². The van der Waals surface area contributed by atoms with Crippen LogP contribution in [0.4, 0.5) is 4.79 Å². The summed E-state index contributed by atoms with van der Waals surface area (Å²) in [5.74, 6) is 1.24. The van der Waals surface area contributed by atoms with Crippen LogP contribution in [0.2, 0.25) is 0 Å². The van der Waals surface area contributed by atoms with Crippen LogP contribution >= 0.6 is 0 Å². The number of carbonyl (C=O) groups is 1. The van der Waals surface area contributed by atoms with Gasteiger partial charge in [-0.1, -0.05) is 39.0 Å². The highest BCUT2D eigenvalue weighted by Gasteiger charge is 2.35. The lowest BCUT2D eigenvalue weighted by atomic mass is 9.78. The summed E-state index contributed by atoms with van der Waals surface area (Å²) in [4.78, 5) is 12.5. The van der Waals surface area contributed by atoms with Crippen LogP contribution in [-0.4, -0.2) is 31.9 Å². The van der Waals surface area contributed by atoms with Crippen molar-refractivity contribution in [1.29, 1.82) is 0 Å². The highest BCUT2D eigenvalue weighted by molar-refractivity contribution is 5.74. The topological polar surface area (TPSA) is 59.6 Å². The molecule has 1 aromatic carbocycles. The molecule has 0 radical (unpaired) electrons. The van der Waals surface area contributed by atoms with Gasteiger partial charge in [0, 0.05) is 24.6 Å². The molecule has 26 heavy (non-hydrogen) atoms. The van der Waals surface area contributed by atoms with E-state index < -0.39 is 0 Å². The van der Waals surface area contributed by atoms with E-state index in [1.54, 1.807) is 0 Å². The minimum Gasteiger partial charge on any atom is -0.493 e. The Kier molecular flexibility index (Phi) is 6.07. The Morgan fingerprint density at radius 2 is 1.92 bits per heavy atom. The summed E-state index contributed by atoms with van der Waals surface area (Å²) in [6.07, 6.45) is 4.17. The maximum atomic E-state index is 12.5. The first-order chi connectivity index (χ1) is 12.4. The zero-order valence-corrected chi connectivity index (χ0v) is 16.2. The average molecular weight is 360 g/mol. The minimum atomic E-state index is -0.107. The third-order valence-corrected chi connectivity index (χ3v) is 5.32. The first-order valence-corrected chi connectivity index (χ1v) is 9.83. The first kappa shape index (κ1) is 19.0. The molecule has 0 unspecified atom stereocenters. The Morgan fingerprint density at radius 3 is 2.73 bits per heavy atom. The van der Waals surface area contributed by atoms with E-state index >= 15 is 0 Å². The maximum absolute atomic E-state index is 12.5. The lowest BCUT2D eigenvalue weighted by Crippen LogP contribution is -2.47. The van der Waals surface area contributed by atoms with Crippen LogP contribution in [0.25, 0.3) is 0 Å². The summed E-state index contributed by atoms with van der Waals surface area (Å²) in [5.41, 5.74) is 1.15. The van der Waals surface area contributed by atoms with E-state index in [0.29, 0.717) is 19.1 Å². The van der Waals surface area contributed by atoms with E-state index in [1.165, 1.54) is 0 Å². The molecule has 3 rings (SSSR count). The van der Waals surface area contributed by atoms with Gasteiger partial charge in [0.25, 0.3) is 0 Å². The van der Waals surface area contributed by atoms with Gasteiger partial charge in [-0.2, -0.15) is 0 Å². The van der Waals surface area contributed by atoms with Gasteiger partial charge >= 0.3 is 6.03 Å². The Balaban J connectivity index is 1.57. The summed E-state index contributed by atoms with van der Waals surface area (Å²) in [6.45, 7) is 8.79. The molecule has 0 bridgehead atoms. The molecular formula is C21H32N2O3. The highest BCUT2D eigenvalue weighted by atomic mass is 16.5. The van der Waals surface area contributed by atoms with Gasteiger partial charge in [0.1, 0.15) is 5.75 Å². The van der Waals surface area contributed by atoms with Gasteiger partial charge in [0.05, 0.1) is 18.8 Å². The number of para-hydroxylation sites is 1. The molecule has 5 nitrogen and oxygen atoms in total. The normalized spacial score (nSPS) is 26.2. The largest absolute Gasteiger partial charge is 0.493 e. The summed E-state index contributed by atoms with van der Waals surface area (Å²) in [6, 6.07) is 7.86. The summed E-state index contributed by atoms with van der Waals surface area (Å²) < 4.78 is 11.8. The fourth-order valence-electron chi connectivity index (χ4n) is 4.12. The zero-order chi connectivity index (χ0) is 18.6. The number of hydrogen-bond donors (Lipinski definition) is 2. The van der Waals surface area contributed by atoms with Crippen LogP contribution in [-0.2, 0) is 4.74 Å². The molecule has 144 valence electrons. The predicted octanol–water partition coefficient (Wildman–Crippen LogP) is 4.04. The Hall–Kier alpha value is -1.75. The number of carbonyl (C=O) groups excluding carboxylic acids is 1. The summed E-state index contributed by atoms with van der Waals surface area (Å²) in [7, 11) is 0. The average Bonchev–Trinajstić information content (AvgIpc) is 2.82. The van der Waals surface area contributed by atoms with Crippen molar-refractivity contribution in [2.45, 2.75) is 58.6 Å². The van der Waals surface area contributed by atoms with E-state index in [9.17, 15) is 4.79 Å². The van der Waals surface area contributed by atoms with Crippen molar-refractivity contribution >= 4 is 6.03 Å². The van der Waals surface area contributed by atoms with Gasteiger partial charge < -0.3 is 20.1 Å². The Labute approximate surface area is 156 Å². The van der Waals surface area contributed by atoms with Crippen molar-refractivity contribution < 1.29 is 14.3 Å². The van der Waals surface area contributed by atoms with Gasteiger partial charge in [0.2, 0.25) is 0 Å². The van der Waals surface area contributed by atoms with E-state index in [0.717, 1.165) is 43.6 Å². The summed E-state index contributed by atoms with van der Waals surface area (Å²) >= 11 is 0. The quantitative estimate of drug-likeness (QED) is 0.855. The number of fused-ring (bicyclic) bond motifs is 1. The van der Waals surface area contributed by atoms with Crippen LogP contribution in [0.1, 0.15) is 58.1 Å². The van der Waals surface area contributed by atoms with E-state index in [2.05, 4.69) is 31.4 Å². The molecular weight excluding hydrogens is 328 g/mol. The Bertz CT molecular complexity index is 612. The molecule has 2 heterocycles. The number of nitrogens with one attached hydrogen (secondary N) is 2. The van der Waals surface area contributed by atoms with Crippen LogP contribution in [0.3, 0.4) is 0 Å². The first-order valence-electron chi connectivity index (χ1n) is 9.83. The third-order valence-electron chi connectivity index (χ3n) is 5.32. The number of rotatable bonds is 3.